The van der Waals surface area contributed by atoms with Crippen molar-refractivity contribution in [2.75, 3.05) is 34.2 Å². The minimum absolute atomic E-state index is 0.0232. The van der Waals surface area contributed by atoms with Crippen molar-refractivity contribution < 1.29 is 4.79 Å². The molecule has 1 fully saturated rings. The summed E-state index contributed by atoms with van der Waals surface area (Å²) < 4.78 is 0. The highest BCUT2D eigenvalue weighted by atomic mass is 16.2. The Morgan fingerprint density at radius 3 is 2.53 bits per heavy atom. The number of hydrogen-bond donors (Lipinski definition) is 1. The first-order valence-corrected chi connectivity index (χ1v) is 5.68. The zero-order valence-electron chi connectivity index (χ0n) is 10.3. The molecule has 4 heteroatoms. The predicted octanol–water partition coefficient (Wildman–Crippen LogP) is 0.147. The number of nitrogens with one attached hydrogen (secondary N) is 1. The van der Waals surface area contributed by atoms with E-state index in [-0.39, 0.29) is 11.9 Å². The Kier molecular flexibility index (Phi) is 4.54. The molecule has 1 saturated heterocycles. The largest absolute Gasteiger partial charge is 0.347 e. The molecular formula is C11H23N3O. The first kappa shape index (κ1) is 12.5. The van der Waals surface area contributed by atoms with Crippen molar-refractivity contribution in [2.24, 2.45) is 0 Å². The number of piperidine rings is 1. The molecule has 2 unspecified atom stereocenters. The average Bonchev–Trinajstić information content (AvgIpc) is 2.27. The molecule has 0 bridgehead atoms. The molecule has 15 heavy (non-hydrogen) atoms. The zero-order valence-corrected chi connectivity index (χ0v) is 10.3. The lowest BCUT2D eigenvalue weighted by Gasteiger charge is -2.36. The number of carbonyl (C=O) groups is 1. The zero-order chi connectivity index (χ0) is 11.4. The van der Waals surface area contributed by atoms with Gasteiger partial charge in [-0.3, -0.25) is 9.69 Å². The minimum Gasteiger partial charge on any atom is -0.347 e. The Balaban J connectivity index is 2.50. The lowest BCUT2D eigenvalue weighted by atomic mass is 10.0. The van der Waals surface area contributed by atoms with Gasteiger partial charge in [0.05, 0.1) is 6.04 Å². The van der Waals surface area contributed by atoms with E-state index in [0.717, 1.165) is 13.1 Å². The van der Waals surface area contributed by atoms with E-state index in [0.29, 0.717) is 6.04 Å². The van der Waals surface area contributed by atoms with Crippen LogP contribution >= 0.6 is 0 Å². The van der Waals surface area contributed by atoms with Crippen LogP contribution in [0.1, 0.15) is 19.8 Å². The fraction of sp³-hybridized carbons (Fsp3) is 0.909. The van der Waals surface area contributed by atoms with Crippen molar-refractivity contribution in [3.8, 4) is 0 Å². The molecule has 1 amide bonds. The molecular weight excluding hydrogens is 190 g/mol. The molecule has 4 nitrogen and oxygen atoms in total. The molecule has 1 aliphatic heterocycles. The molecule has 0 aromatic rings. The Hall–Kier alpha value is -0.610. The van der Waals surface area contributed by atoms with Gasteiger partial charge in [0, 0.05) is 26.7 Å². The lowest BCUT2D eigenvalue weighted by Crippen LogP contribution is -2.52. The maximum atomic E-state index is 11.8. The second-order valence-corrected chi connectivity index (χ2v) is 4.57. The number of likely N-dealkylation sites (N-methyl/N-ethyl adjacent to an activating group) is 2. The number of rotatable bonds is 3. The molecule has 88 valence electrons. The van der Waals surface area contributed by atoms with E-state index in [2.05, 4.69) is 10.2 Å². The van der Waals surface area contributed by atoms with Gasteiger partial charge in [-0.05, 0) is 33.4 Å². The summed E-state index contributed by atoms with van der Waals surface area (Å²) in [5.74, 6) is 0.183. The smallest absolute Gasteiger partial charge is 0.239 e. The topological polar surface area (TPSA) is 35.6 Å². The van der Waals surface area contributed by atoms with E-state index >= 15 is 0 Å². The monoisotopic (exact) mass is 213 g/mol. The predicted molar refractivity (Wildman–Crippen MR) is 61.8 cm³/mol. The molecule has 0 saturated carbocycles. The van der Waals surface area contributed by atoms with Gasteiger partial charge in [-0.2, -0.15) is 0 Å². The van der Waals surface area contributed by atoms with Crippen LogP contribution in [0.15, 0.2) is 0 Å². The molecule has 1 heterocycles. The molecule has 1 aliphatic rings. The molecule has 0 aromatic heterocycles. The fourth-order valence-electron chi connectivity index (χ4n) is 2.05. The van der Waals surface area contributed by atoms with Gasteiger partial charge in [-0.1, -0.05) is 0 Å². The highest BCUT2D eigenvalue weighted by Crippen LogP contribution is 2.12. The quantitative estimate of drug-likeness (QED) is 0.725. The number of amides is 1. The van der Waals surface area contributed by atoms with Crippen LogP contribution in [0.5, 0.6) is 0 Å². The molecule has 2 atom stereocenters. The normalized spacial score (nSPS) is 23.9. The molecule has 1 rings (SSSR count). The minimum atomic E-state index is -0.0232. The van der Waals surface area contributed by atoms with E-state index in [1.807, 2.05) is 28.1 Å². The Labute approximate surface area is 92.6 Å². The maximum absolute atomic E-state index is 11.8. The van der Waals surface area contributed by atoms with Gasteiger partial charge in [0.25, 0.3) is 0 Å². The van der Waals surface area contributed by atoms with Crippen LogP contribution in [0, 0.1) is 0 Å². The lowest BCUT2D eigenvalue weighted by molar-refractivity contribution is -0.134. The Morgan fingerprint density at radius 2 is 2.07 bits per heavy atom. The van der Waals surface area contributed by atoms with Crippen LogP contribution in [0.3, 0.4) is 0 Å². The van der Waals surface area contributed by atoms with Crippen molar-refractivity contribution >= 4 is 5.91 Å². The van der Waals surface area contributed by atoms with Gasteiger partial charge in [-0.25, -0.2) is 0 Å². The molecule has 0 spiro atoms. The molecule has 0 aliphatic carbocycles. The summed E-state index contributed by atoms with van der Waals surface area (Å²) in [6.07, 6.45) is 2.40. The van der Waals surface area contributed by atoms with Crippen LogP contribution in [0.4, 0.5) is 0 Å². The second-order valence-electron chi connectivity index (χ2n) is 4.57. The summed E-state index contributed by atoms with van der Waals surface area (Å²) >= 11 is 0. The van der Waals surface area contributed by atoms with Gasteiger partial charge in [0.15, 0.2) is 0 Å². The van der Waals surface area contributed by atoms with Crippen LogP contribution in [-0.4, -0.2) is 62.0 Å². The van der Waals surface area contributed by atoms with Crippen LogP contribution in [-0.2, 0) is 4.79 Å². The number of hydrogen-bond acceptors (Lipinski definition) is 3. The van der Waals surface area contributed by atoms with Crippen molar-refractivity contribution in [1.82, 2.24) is 15.1 Å². The Bertz CT molecular complexity index is 212. The van der Waals surface area contributed by atoms with Crippen LogP contribution in [0.25, 0.3) is 0 Å². The summed E-state index contributed by atoms with van der Waals surface area (Å²) in [5.41, 5.74) is 0. The van der Waals surface area contributed by atoms with Gasteiger partial charge in [0.1, 0.15) is 0 Å². The standard InChI is InChI=1S/C11H23N3O/c1-9(11(15)13(2)3)14(4)10-6-5-7-12-8-10/h9-10,12H,5-8H2,1-4H3. The van der Waals surface area contributed by atoms with Crippen LogP contribution < -0.4 is 5.32 Å². The van der Waals surface area contributed by atoms with E-state index in [1.165, 1.54) is 12.8 Å². The van der Waals surface area contributed by atoms with Gasteiger partial charge in [-0.15, -0.1) is 0 Å². The third-order valence-corrected chi connectivity index (χ3v) is 3.26. The summed E-state index contributed by atoms with van der Waals surface area (Å²) in [5, 5.41) is 3.37. The van der Waals surface area contributed by atoms with Crippen molar-refractivity contribution in [3.63, 3.8) is 0 Å². The molecule has 0 radical (unpaired) electrons. The van der Waals surface area contributed by atoms with Gasteiger partial charge >= 0.3 is 0 Å². The average molecular weight is 213 g/mol. The number of nitrogens with zero attached hydrogens (tertiary/aromatic N) is 2. The van der Waals surface area contributed by atoms with Crippen LogP contribution in [0.2, 0.25) is 0 Å². The van der Waals surface area contributed by atoms with E-state index in [9.17, 15) is 4.79 Å². The first-order valence-electron chi connectivity index (χ1n) is 5.68. The summed E-state index contributed by atoms with van der Waals surface area (Å²) in [7, 11) is 5.67. The van der Waals surface area contributed by atoms with Gasteiger partial charge < -0.3 is 10.2 Å². The second kappa shape index (κ2) is 5.47. The summed E-state index contributed by atoms with van der Waals surface area (Å²) in [6, 6.07) is 0.475. The summed E-state index contributed by atoms with van der Waals surface area (Å²) in [6.45, 7) is 4.10. The highest BCUT2D eigenvalue weighted by Gasteiger charge is 2.26. The molecule has 1 N–H and O–H groups in total. The third kappa shape index (κ3) is 3.18. The van der Waals surface area contributed by atoms with E-state index in [1.54, 1.807) is 4.90 Å². The van der Waals surface area contributed by atoms with Crippen molar-refractivity contribution in [3.05, 3.63) is 0 Å². The Morgan fingerprint density at radius 1 is 1.40 bits per heavy atom. The van der Waals surface area contributed by atoms with E-state index < -0.39 is 0 Å². The van der Waals surface area contributed by atoms with Crippen molar-refractivity contribution in [2.45, 2.75) is 31.8 Å². The number of carbonyl (C=O) groups excluding carboxylic acids is 1. The van der Waals surface area contributed by atoms with E-state index in [4.69, 9.17) is 0 Å². The maximum Gasteiger partial charge on any atom is 0.239 e. The third-order valence-electron chi connectivity index (χ3n) is 3.26. The summed E-state index contributed by atoms with van der Waals surface area (Å²) in [4.78, 5) is 15.6. The fourth-order valence-corrected chi connectivity index (χ4v) is 2.05. The molecule has 0 aromatic carbocycles. The van der Waals surface area contributed by atoms with Gasteiger partial charge in [0.2, 0.25) is 5.91 Å². The first-order chi connectivity index (χ1) is 7.04. The SMILES string of the molecule is CC(C(=O)N(C)C)N(C)C1CCCNC1. The highest BCUT2D eigenvalue weighted by molar-refractivity contribution is 5.80. The van der Waals surface area contributed by atoms with Crippen molar-refractivity contribution in [1.29, 1.82) is 0 Å².